The van der Waals surface area contributed by atoms with Crippen molar-refractivity contribution in [1.29, 1.82) is 0 Å². The highest BCUT2D eigenvalue weighted by molar-refractivity contribution is 6.05. The van der Waals surface area contributed by atoms with E-state index in [0.717, 1.165) is 0 Å². The van der Waals surface area contributed by atoms with Gasteiger partial charge in [-0.2, -0.15) is 0 Å². The Morgan fingerprint density at radius 3 is 2.29 bits per heavy atom. The average Bonchev–Trinajstić information content (AvgIpc) is 3.23. The maximum Gasteiger partial charge on any atom is 0.310 e. The zero-order valence-corrected chi connectivity index (χ0v) is 11.5. The first-order valence-electron chi connectivity index (χ1n) is 6.63. The van der Waals surface area contributed by atoms with E-state index in [1.54, 1.807) is 31.2 Å². The van der Waals surface area contributed by atoms with E-state index < -0.39 is 35.5 Å². The summed E-state index contributed by atoms with van der Waals surface area (Å²) in [6.07, 6.45) is 0. The molecule has 1 aromatic carbocycles. The van der Waals surface area contributed by atoms with Gasteiger partial charge in [0.15, 0.2) is 0 Å². The van der Waals surface area contributed by atoms with Gasteiger partial charge < -0.3 is 10.1 Å². The Balaban J connectivity index is 2.07. The lowest BCUT2D eigenvalue weighted by atomic mass is 10.2. The lowest BCUT2D eigenvalue weighted by molar-refractivity contribution is -0.146. The number of amides is 2. The Kier molecular flexibility index (Phi) is 4.54. The van der Waals surface area contributed by atoms with Crippen LogP contribution in [0.15, 0.2) is 30.3 Å². The van der Waals surface area contributed by atoms with Crippen LogP contribution >= 0.6 is 0 Å². The average molecular weight is 291 g/mol. The highest BCUT2D eigenvalue weighted by Crippen LogP contribution is 2.48. The van der Waals surface area contributed by atoms with E-state index in [1.165, 1.54) is 0 Å². The predicted molar refractivity (Wildman–Crippen MR) is 74.5 cm³/mol. The molecule has 7 nitrogen and oxygen atoms in total. The molecule has 112 valence electrons. The summed E-state index contributed by atoms with van der Waals surface area (Å²) in [5, 5.41) is 2.67. The first-order chi connectivity index (χ1) is 10.1. The van der Waals surface area contributed by atoms with Crippen molar-refractivity contribution >= 4 is 23.5 Å². The van der Waals surface area contributed by atoms with Gasteiger partial charge in [0.05, 0.1) is 24.4 Å². The van der Waals surface area contributed by atoms with Crippen molar-refractivity contribution in [2.24, 2.45) is 23.6 Å². The molecule has 2 rings (SSSR count). The fourth-order valence-corrected chi connectivity index (χ4v) is 2.34. The molecule has 0 bridgehead atoms. The van der Waals surface area contributed by atoms with Crippen LogP contribution in [0.5, 0.6) is 0 Å². The van der Waals surface area contributed by atoms with Crippen molar-refractivity contribution in [3.05, 3.63) is 30.3 Å². The maximum atomic E-state index is 12.2. The van der Waals surface area contributed by atoms with E-state index >= 15 is 0 Å². The number of hydrazine groups is 1. The number of esters is 1. The molecule has 0 heterocycles. The molecule has 0 aromatic heterocycles. The number of benzene rings is 1. The number of ether oxygens (including phenoxy) is 1. The maximum absolute atomic E-state index is 12.2. The van der Waals surface area contributed by atoms with Gasteiger partial charge in [-0.3, -0.25) is 19.8 Å². The van der Waals surface area contributed by atoms with Crippen LogP contribution in [-0.2, 0) is 19.1 Å². The number of hydrogen-bond donors (Lipinski definition) is 3. The number of hydrogen-bond acceptors (Lipinski definition) is 5. The van der Waals surface area contributed by atoms with Gasteiger partial charge in [0.25, 0.3) is 0 Å². The molecule has 1 aromatic rings. The van der Waals surface area contributed by atoms with Crippen molar-refractivity contribution < 1.29 is 19.1 Å². The first-order valence-corrected chi connectivity index (χ1v) is 6.63. The molecular weight excluding hydrogens is 274 g/mol. The molecule has 0 radical (unpaired) electrons. The summed E-state index contributed by atoms with van der Waals surface area (Å²) in [6.45, 7) is 1.86. The second-order valence-corrected chi connectivity index (χ2v) is 4.69. The smallest absolute Gasteiger partial charge is 0.310 e. The van der Waals surface area contributed by atoms with Gasteiger partial charge in [0.1, 0.15) is 0 Å². The number of nitrogens with one attached hydrogen (secondary N) is 2. The van der Waals surface area contributed by atoms with E-state index in [4.69, 9.17) is 10.6 Å². The predicted octanol–water partition coefficient (Wildman–Crippen LogP) is 0.0403. The van der Waals surface area contributed by atoms with Crippen molar-refractivity contribution in [3.8, 4) is 0 Å². The third kappa shape index (κ3) is 3.19. The molecule has 1 aliphatic carbocycles. The van der Waals surface area contributed by atoms with Crippen LogP contribution in [0, 0.1) is 17.8 Å². The van der Waals surface area contributed by atoms with Crippen molar-refractivity contribution in [3.63, 3.8) is 0 Å². The minimum atomic E-state index is -0.780. The Morgan fingerprint density at radius 1 is 1.10 bits per heavy atom. The molecule has 0 aliphatic heterocycles. The Labute approximate surface area is 121 Å². The molecule has 0 unspecified atom stereocenters. The highest BCUT2D eigenvalue weighted by Gasteiger charge is 2.63. The standard InChI is InChI=1S/C14H17N3O4/c1-2-21-14(20)11-9(10(11)13(19)17-15)12(18)16-8-6-4-3-5-7-8/h3-7,9-11H,2,15H2,1H3,(H,16,18)(H,17,19)/t9-,10+,11-/m0/s1. The zero-order valence-electron chi connectivity index (χ0n) is 11.5. The summed E-state index contributed by atoms with van der Waals surface area (Å²) in [5.74, 6) is 1.27. The number of nitrogens with two attached hydrogens (primary N) is 1. The van der Waals surface area contributed by atoms with E-state index in [-0.39, 0.29) is 6.61 Å². The molecule has 1 saturated carbocycles. The van der Waals surface area contributed by atoms with Gasteiger partial charge >= 0.3 is 5.97 Å². The van der Waals surface area contributed by atoms with Crippen molar-refractivity contribution in [2.45, 2.75) is 6.92 Å². The van der Waals surface area contributed by atoms with Crippen LogP contribution in [0.25, 0.3) is 0 Å². The van der Waals surface area contributed by atoms with E-state index in [2.05, 4.69) is 5.32 Å². The quantitative estimate of drug-likeness (QED) is 0.307. The summed E-state index contributed by atoms with van der Waals surface area (Å²) in [4.78, 5) is 35.6. The normalized spacial score (nSPS) is 23.0. The largest absolute Gasteiger partial charge is 0.466 e. The number of para-hydroxylation sites is 1. The van der Waals surface area contributed by atoms with Crippen LogP contribution in [0.2, 0.25) is 0 Å². The molecule has 0 spiro atoms. The molecule has 1 aliphatic rings. The fourth-order valence-electron chi connectivity index (χ4n) is 2.34. The Hall–Kier alpha value is -2.41. The lowest BCUT2D eigenvalue weighted by Gasteiger charge is -2.04. The third-order valence-corrected chi connectivity index (χ3v) is 3.37. The SMILES string of the molecule is CCOC(=O)[C@@H]1[C@H](C(=O)NN)[C@@H]1C(=O)Nc1ccccc1. The summed E-state index contributed by atoms with van der Waals surface area (Å²) < 4.78 is 4.88. The molecule has 3 atom stereocenters. The Bertz CT molecular complexity index is 546. The minimum Gasteiger partial charge on any atom is -0.466 e. The molecular formula is C14H17N3O4. The third-order valence-electron chi connectivity index (χ3n) is 3.37. The van der Waals surface area contributed by atoms with E-state index in [0.29, 0.717) is 5.69 Å². The summed E-state index contributed by atoms with van der Waals surface area (Å²) in [5.41, 5.74) is 2.58. The van der Waals surface area contributed by atoms with Crippen LogP contribution < -0.4 is 16.6 Å². The number of rotatable bonds is 5. The van der Waals surface area contributed by atoms with Crippen LogP contribution in [-0.4, -0.2) is 24.4 Å². The molecule has 7 heteroatoms. The second kappa shape index (κ2) is 6.36. The molecule has 21 heavy (non-hydrogen) atoms. The lowest BCUT2D eigenvalue weighted by Crippen LogP contribution is -2.33. The van der Waals surface area contributed by atoms with Crippen LogP contribution in [0.1, 0.15) is 6.92 Å². The van der Waals surface area contributed by atoms with Gasteiger partial charge in [-0.05, 0) is 19.1 Å². The van der Waals surface area contributed by atoms with Crippen molar-refractivity contribution in [1.82, 2.24) is 5.43 Å². The number of carbonyl (C=O) groups excluding carboxylic acids is 3. The topological polar surface area (TPSA) is 111 Å². The van der Waals surface area contributed by atoms with Gasteiger partial charge in [-0.1, -0.05) is 18.2 Å². The fraction of sp³-hybridized carbons (Fsp3) is 0.357. The second-order valence-electron chi connectivity index (χ2n) is 4.69. The summed E-state index contributed by atoms with van der Waals surface area (Å²) in [7, 11) is 0. The van der Waals surface area contributed by atoms with Gasteiger partial charge in [-0.15, -0.1) is 0 Å². The monoisotopic (exact) mass is 291 g/mol. The summed E-state index contributed by atoms with van der Waals surface area (Å²) in [6, 6.07) is 8.80. The zero-order chi connectivity index (χ0) is 15.4. The molecule has 1 fully saturated rings. The molecule has 0 saturated heterocycles. The van der Waals surface area contributed by atoms with Crippen molar-refractivity contribution in [2.75, 3.05) is 11.9 Å². The molecule has 2 amide bonds. The number of carbonyl (C=O) groups is 3. The van der Waals surface area contributed by atoms with Gasteiger partial charge in [-0.25, -0.2) is 5.84 Å². The van der Waals surface area contributed by atoms with Crippen LogP contribution in [0.4, 0.5) is 5.69 Å². The van der Waals surface area contributed by atoms with E-state index in [1.807, 2.05) is 11.5 Å². The number of anilines is 1. The van der Waals surface area contributed by atoms with E-state index in [9.17, 15) is 14.4 Å². The highest BCUT2D eigenvalue weighted by atomic mass is 16.5. The Morgan fingerprint density at radius 2 is 1.71 bits per heavy atom. The van der Waals surface area contributed by atoms with Gasteiger partial charge in [0, 0.05) is 5.69 Å². The summed E-state index contributed by atoms with van der Waals surface area (Å²) >= 11 is 0. The van der Waals surface area contributed by atoms with Crippen LogP contribution in [0.3, 0.4) is 0 Å². The van der Waals surface area contributed by atoms with Gasteiger partial charge in [0.2, 0.25) is 11.8 Å². The first kappa shape index (κ1) is 15.0. The molecule has 4 N–H and O–H groups in total. The minimum absolute atomic E-state index is 0.194.